The fourth-order valence-corrected chi connectivity index (χ4v) is 3.64. The molecule has 114 valence electrons. The first-order chi connectivity index (χ1) is 11.3. The third kappa shape index (κ3) is 2.62. The molecule has 0 aliphatic heterocycles. The molecule has 0 unspecified atom stereocenters. The van der Waals surface area contributed by atoms with Crippen LogP contribution in [0, 0.1) is 6.92 Å². The van der Waals surface area contributed by atoms with Gasteiger partial charge in [-0.1, -0.05) is 36.4 Å². The van der Waals surface area contributed by atoms with Gasteiger partial charge < -0.3 is 5.32 Å². The highest BCUT2D eigenvalue weighted by molar-refractivity contribution is 7.13. The molecule has 3 aromatic heterocycles. The molecule has 4 heteroatoms. The Hall–Kier alpha value is -2.59. The van der Waals surface area contributed by atoms with Crippen LogP contribution in [-0.4, -0.2) is 9.38 Å². The van der Waals surface area contributed by atoms with Crippen molar-refractivity contribution in [3.8, 4) is 10.6 Å². The molecule has 0 aliphatic carbocycles. The van der Waals surface area contributed by atoms with Crippen molar-refractivity contribution in [2.24, 2.45) is 0 Å². The van der Waals surface area contributed by atoms with E-state index in [4.69, 9.17) is 4.98 Å². The van der Waals surface area contributed by atoms with Crippen molar-refractivity contribution in [2.45, 2.75) is 13.5 Å². The number of hydrogen-bond donors (Lipinski definition) is 1. The first-order valence-corrected chi connectivity index (χ1v) is 8.50. The number of fused-ring (bicyclic) bond motifs is 1. The van der Waals surface area contributed by atoms with E-state index < -0.39 is 0 Å². The molecular weight excluding hydrogens is 302 g/mol. The summed E-state index contributed by atoms with van der Waals surface area (Å²) in [6.45, 7) is 2.91. The quantitative estimate of drug-likeness (QED) is 0.574. The van der Waals surface area contributed by atoms with Crippen molar-refractivity contribution in [1.82, 2.24) is 9.38 Å². The van der Waals surface area contributed by atoms with Crippen LogP contribution in [0.1, 0.15) is 11.1 Å². The molecule has 4 aromatic rings. The summed E-state index contributed by atoms with van der Waals surface area (Å²) in [5.74, 6) is 1.05. The van der Waals surface area contributed by atoms with E-state index in [0.29, 0.717) is 0 Å². The first kappa shape index (κ1) is 14.0. The third-order valence-electron chi connectivity index (χ3n) is 3.91. The average molecular weight is 319 g/mol. The maximum Gasteiger partial charge on any atom is 0.139 e. The van der Waals surface area contributed by atoms with E-state index >= 15 is 0 Å². The molecule has 0 bridgehead atoms. The molecule has 3 nitrogen and oxygen atoms in total. The Kier molecular flexibility index (Phi) is 3.60. The van der Waals surface area contributed by atoms with E-state index in [9.17, 15) is 0 Å². The second-order valence-electron chi connectivity index (χ2n) is 5.51. The highest BCUT2D eigenvalue weighted by Crippen LogP contribution is 2.34. The van der Waals surface area contributed by atoms with E-state index in [1.54, 1.807) is 11.3 Å². The van der Waals surface area contributed by atoms with Crippen LogP contribution >= 0.6 is 11.3 Å². The maximum absolute atomic E-state index is 4.84. The topological polar surface area (TPSA) is 29.3 Å². The van der Waals surface area contributed by atoms with E-state index in [0.717, 1.165) is 23.7 Å². The Morgan fingerprint density at radius 1 is 1.04 bits per heavy atom. The maximum atomic E-state index is 4.84. The summed E-state index contributed by atoms with van der Waals surface area (Å²) < 4.78 is 2.12. The van der Waals surface area contributed by atoms with Crippen molar-refractivity contribution in [2.75, 3.05) is 5.32 Å². The zero-order valence-corrected chi connectivity index (χ0v) is 13.7. The summed E-state index contributed by atoms with van der Waals surface area (Å²) in [5, 5.41) is 5.70. The van der Waals surface area contributed by atoms with Gasteiger partial charge in [0, 0.05) is 12.7 Å². The number of aromatic nitrogens is 2. The summed E-state index contributed by atoms with van der Waals surface area (Å²) in [6, 6.07) is 18.7. The molecule has 0 spiro atoms. The monoisotopic (exact) mass is 319 g/mol. The number of nitrogens with zero attached hydrogens (tertiary/aromatic N) is 2. The molecule has 0 aliphatic rings. The molecule has 0 radical (unpaired) electrons. The first-order valence-electron chi connectivity index (χ1n) is 7.62. The van der Waals surface area contributed by atoms with Gasteiger partial charge in [0.05, 0.1) is 4.88 Å². The second kappa shape index (κ2) is 5.89. The number of rotatable bonds is 4. The minimum Gasteiger partial charge on any atom is -0.365 e. The molecule has 0 saturated heterocycles. The Morgan fingerprint density at radius 3 is 2.65 bits per heavy atom. The van der Waals surface area contributed by atoms with Crippen molar-refractivity contribution in [3.05, 3.63) is 77.3 Å². The summed E-state index contributed by atoms with van der Waals surface area (Å²) >= 11 is 1.74. The number of pyridine rings is 1. The van der Waals surface area contributed by atoms with E-state index in [1.165, 1.54) is 16.0 Å². The van der Waals surface area contributed by atoms with Crippen LogP contribution in [0.3, 0.4) is 0 Å². The SMILES string of the molecule is Cc1ccsc1-c1nc2ccccn2c1NCc1ccccc1. The number of thiophene rings is 1. The van der Waals surface area contributed by atoms with Gasteiger partial charge >= 0.3 is 0 Å². The molecule has 23 heavy (non-hydrogen) atoms. The Bertz CT molecular complexity index is 938. The average Bonchev–Trinajstić information content (AvgIpc) is 3.17. The molecular formula is C19H17N3S. The van der Waals surface area contributed by atoms with Gasteiger partial charge in [0.15, 0.2) is 0 Å². The highest BCUT2D eigenvalue weighted by Gasteiger charge is 2.16. The Balaban J connectivity index is 1.78. The lowest BCUT2D eigenvalue weighted by Crippen LogP contribution is -2.03. The number of imidazole rings is 1. The van der Waals surface area contributed by atoms with Gasteiger partial charge in [0.2, 0.25) is 0 Å². The van der Waals surface area contributed by atoms with Gasteiger partial charge in [0.1, 0.15) is 17.2 Å². The predicted molar refractivity (Wildman–Crippen MR) is 97.0 cm³/mol. The lowest BCUT2D eigenvalue weighted by molar-refractivity contribution is 1.08. The zero-order chi connectivity index (χ0) is 15.6. The van der Waals surface area contributed by atoms with Gasteiger partial charge in [-0.2, -0.15) is 0 Å². The van der Waals surface area contributed by atoms with Crippen LogP contribution in [-0.2, 0) is 6.54 Å². The van der Waals surface area contributed by atoms with Crippen molar-refractivity contribution < 1.29 is 0 Å². The molecule has 0 atom stereocenters. The zero-order valence-electron chi connectivity index (χ0n) is 12.9. The number of benzene rings is 1. The van der Waals surface area contributed by atoms with Gasteiger partial charge in [-0.3, -0.25) is 4.40 Å². The summed E-state index contributed by atoms with van der Waals surface area (Å²) in [4.78, 5) is 6.07. The second-order valence-corrected chi connectivity index (χ2v) is 6.43. The normalized spacial score (nSPS) is 11.0. The fourth-order valence-electron chi connectivity index (χ4n) is 2.72. The van der Waals surface area contributed by atoms with Crippen molar-refractivity contribution in [1.29, 1.82) is 0 Å². The van der Waals surface area contributed by atoms with Crippen LogP contribution < -0.4 is 5.32 Å². The lowest BCUT2D eigenvalue weighted by atomic mass is 10.2. The molecule has 0 saturated carbocycles. The number of aryl methyl sites for hydroxylation is 1. The summed E-state index contributed by atoms with van der Waals surface area (Å²) in [6.07, 6.45) is 2.06. The standard InChI is InChI=1S/C19H17N3S/c1-14-10-12-23-18(14)17-19(20-13-15-7-3-2-4-8-15)22-11-6-5-9-16(22)21-17/h2-12,20H,13H2,1H3. The van der Waals surface area contributed by atoms with E-state index in [1.807, 2.05) is 24.3 Å². The smallest absolute Gasteiger partial charge is 0.139 e. The van der Waals surface area contributed by atoms with E-state index in [-0.39, 0.29) is 0 Å². The van der Waals surface area contributed by atoms with Crippen LogP contribution in [0.4, 0.5) is 5.82 Å². The van der Waals surface area contributed by atoms with Crippen LogP contribution in [0.2, 0.25) is 0 Å². The molecule has 4 rings (SSSR count). The molecule has 1 N–H and O–H groups in total. The van der Waals surface area contributed by atoms with Gasteiger partial charge in [-0.15, -0.1) is 11.3 Å². The molecule has 0 fully saturated rings. The van der Waals surface area contributed by atoms with Crippen molar-refractivity contribution in [3.63, 3.8) is 0 Å². The van der Waals surface area contributed by atoms with Gasteiger partial charge in [-0.05, 0) is 41.6 Å². The van der Waals surface area contributed by atoms with Crippen molar-refractivity contribution >= 4 is 22.8 Å². The minimum absolute atomic E-state index is 0.779. The highest BCUT2D eigenvalue weighted by atomic mass is 32.1. The molecule has 1 aromatic carbocycles. The van der Waals surface area contributed by atoms with E-state index in [2.05, 4.69) is 58.5 Å². The third-order valence-corrected chi connectivity index (χ3v) is 4.93. The Morgan fingerprint density at radius 2 is 1.87 bits per heavy atom. The van der Waals surface area contributed by atoms with Crippen LogP contribution in [0.15, 0.2) is 66.2 Å². The fraction of sp³-hybridized carbons (Fsp3) is 0.105. The van der Waals surface area contributed by atoms with Crippen LogP contribution in [0.25, 0.3) is 16.2 Å². The summed E-state index contributed by atoms with van der Waals surface area (Å²) in [7, 11) is 0. The van der Waals surface area contributed by atoms with Gasteiger partial charge in [0.25, 0.3) is 0 Å². The summed E-state index contributed by atoms with van der Waals surface area (Å²) in [5.41, 5.74) is 4.51. The molecule has 0 amide bonds. The lowest BCUT2D eigenvalue weighted by Gasteiger charge is -2.08. The van der Waals surface area contributed by atoms with Crippen LogP contribution in [0.5, 0.6) is 0 Å². The minimum atomic E-state index is 0.779. The van der Waals surface area contributed by atoms with Gasteiger partial charge in [-0.25, -0.2) is 4.98 Å². The predicted octanol–water partition coefficient (Wildman–Crippen LogP) is 4.98. The molecule has 3 heterocycles. The number of anilines is 1. The Labute approximate surface area is 139 Å². The largest absolute Gasteiger partial charge is 0.365 e. The number of hydrogen-bond acceptors (Lipinski definition) is 3. The number of nitrogens with one attached hydrogen (secondary N) is 1.